The standard InChI is InChI=1S/C12H12BrN3O/c13-9-3-1-2-4-11(9)16-10-5-6-14-7-8(10)12(17)15-16/h1-4,14H,5-7H2,(H,15,17). The number of para-hydroxylation sites is 1. The number of fused-ring (bicyclic) bond motifs is 1. The van der Waals surface area contributed by atoms with Gasteiger partial charge in [-0.05, 0) is 28.1 Å². The van der Waals surface area contributed by atoms with E-state index in [1.54, 1.807) is 0 Å². The van der Waals surface area contributed by atoms with Gasteiger partial charge >= 0.3 is 0 Å². The summed E-state index contributed by atoms with van der Waals surface area (Å²) in [6.45, 7) is 1.57. The average Bonchev–Trinajstić information content (AvgIpc) is 2.68. The molecule has 0 aliphatic carbocycles. The van der Waals surface area contributed by atoms with Gasteiger partial charge in [-0.3, -0.25) is 14.6 Å². The molecule has 0 saturated heterocycles. The van der Waals surface area contributed by atoms with Crippen molar-refractivity contribution in [3.8, 4) is 5.69 Å². The number of nitrogens with zero attached hydrogens (tertiary/aromatic N) is 1. The molecule has 3 rings (SSSR count). The van der Waals surface area contributed by atoms with Crippen molar-refractivity contribution in [3.05, 3.63) is 50.3 Å². The van der Waals surface area contributed by atoms with Crippen molar-refractivity contribution in [2.75, 3.05) is 6.54 Å². The summed E-state index contributed by atoms with van der Waals surface area (Å²) in [5.74, 6) is 0. The lowest BCUT2D eigenvalue weighted by molar-refractivity contribution is 0.622. The number of nitrogens with one attached hydrogen (secondary N) is 2. The molecule has 5 heteroatoms. The number of hydrogen-bond donors (Lipinski definition) is 2. The van der Waals surface area contributed by atoms with Gasteiger partial charge in [0.15, 0.2) is 0 Å². The topological polar surface area (TPSA) is 49.8 Å². The van der Waals surface area contributed by atoms with Gasteiger partial charge in [0.05, 0.1) is 16.9 Å². The van der Waals surface area contributed by atoms with Gasteiger partial charge in [-0.1, -0.05) is 12.1 Å². The minimum absolute atomic E-state index is 0.00273. The predicted molar refractivity (Wildman–Crippen MR) is 69.5 cm³/mol. The smallest absolute Gasteiger partial charge is 0.269 e. The van der Waals surface area contributed by atoms with Gasteiger partial charge in [-0.2, -0.15) is 0 Å². The van der Waals surface area contributed by atoms with E-state index in [4.69, 9.17) is 0 Å². The number of hydrogen-bond acceptors (Lipinski definition) is 2. The van der Waals surface area contributed by atoms with Gasteiger partial charge in [0, 0.05) is 24.0 Å². The minimum Gasteiger partial charge on any atom is -0.312 e. The molecule has 4 nitrogen and oxygen atoms in total. The Balaban J connectivity index is 2.22. The number of H-pyrrole nitrogens is 1. The van der Waals surface area contributed by atoms with E-state index >= 15 is 0 Å². The fourth-order valence-corrected chi connectivity index (χ4v) is 2.67. The van der Waals surface area contributed by atoms with Crippen molar-refractivity contribution in [1.29, 1.82) is 0 Å². The van der Waals surface area contributed by atoms with Crippen LogP contribution in [-0.4, -0.2) is 16.3 Å². The normalized spacial score (nSPS) is 14.6. The van der Waals surface area contributed by atoms with Crippen molar-refractivity contribution in [1.82, 2.24) is 15.1 Å². The zero-order valence-corrected chi connectivity index (χ0v) is 10.8. The molecule has 2 heterocycles. The summed E-state index contributed by atoms with van der Waals surface area (Å²) in [5.41, 5.74) is 2.92. The number of rotatable bonds is 1. The highest BCUT2D eigenvalue weighted by Crippen LogP contribution is 2.22. The second-order valence-corrected chi connectivity index (χ2v) is 4.93. The Morgan fingerprint density at radius 1 is 1.29 bits per heavy atom. The molecule has 2 aromatic rings. The van der Waals surface area contributed by atoms with E-state index in [1.165, 1.54) is 0 Å². The molecule has 0 unspecified atom stereocenters. The first-order valence-electron chi connectivity index (χ1n) is 5.56. The zero-order chi connectivity index (χ0) is 11.8. The summed E-state index contributed by atoms with van der Waals surface area (Å²) in [6.07, 6.45) is 0.870. The van der Waals surface area contributed by atoms with E-state index in [9.17, 15) is 4.79 Å². The van der Waals surface area contributed by atoms with Crippen molar-refractivity contribution >= 4 is 15.9 Å². The van der Waals surface area contributed by atoms with Crippen LogP contribution in [0.15, 0.2) is 33.5 Å². The molecule has 1 aliphatic heterocycles. The van der Waals surface area contributed by atoms with Crippen LogP contribution >= 0.6 is 15.9 Å². The molecule has 0 radical (unpaired) electrons. The molecule has 0 bridgehead atoms. The molecule has 1 aromatic heterocycles. The SMILES string of the molecule is O=c1[nH]n(-c2ccccc2Br)c2c1CNCC2. The third-order valence-corrected chi connectivity index (χ3v) is 3.71. The van der Waals surface area contributed by atoms with Crippen LogP contribution in [0.5, 0.6) is 0 Å². The second-order valence-electron chi connectivity index (χ2n) is 4.08. The fourth-order valence-electron chi connectivity index (χ4n) is 2.21. The molecular formula is C12H12BrN3O. The fraction of sp³-hybridized carbons (Fsp3) is 0.250. The third kappa shape index (κ3) is 1.75. The molecule has 0 atom stereocenters. The molecule has 0 saturated carbocycles. The maximum absolute atomic E-state index is 11.8. The molecular weight excluding hydrogens is 282 g/mol. The lowest BCUT2D eigenvalue weighted by Crippen LogP contribution is -2.27. The van der Waals surface area contributed by atoms with E-state index in [2.05, 4.69) is 26.3 Å². The molecule has 1 aliphatic rings. The van der Waals surface area contributed by atoms with E-state index in [0.29, 0.717) is 6.54 Å². The number of halogens is 1. The minimum atomic E-state index is 0.00273. The van der Waals surface area contributed by atoms with Crippen molar-refractivity contribution in [2.24, 2.45) is 0 Å². The highest BCUT2D eigenvalue weighted by molar-refractivity contribution is 9.10. The Morgan fingerprint density at radius 3 is 2.94 bits per heavy atom. The largest absolute Gasteiger partial charge is 0.312 e. The average molecular weight is 294 g/mol. The van der Waals surface area contributed by atoms with Crippen LogP contribution < -0.4 is 10.9 Å². The summed E-state index contributed by atoms with van der Waals surface area (Å²) in [7, 11) is 0. The van der Waals surface area contributed by atoms with Crippen LogP contribution in [0.25, 0.3) is 5.69 Å². The van der Waals surface area contributed by atoms with Gasteiger partial charge in [0.25, 0.3) is 5.56 Å². The Kier molecular flexibility index (Phi) is 2.64. The quantitative estimate of drug-likeness (QED) is 0.839. The number of benzene rings is 1. The molecule has 2 N–H and O–H groups in total. The van der Waals surface area contributed by atoms with Gasteiger partial charge < -0.3 is 5.32 Å². The Labute approximate surface area is 107 Å². The third-order valence-electron chi connectivity index (χ3n) is 3.04. The first kappa shape index (κ1) is 10.8. The van der Waals surface area contributed by atoms with Crippen LogP contribution in [0.3, 0.4) is 0 Å². The van der Waals surface area contributed by atoms with E-state index in [-0.39, 0.29) is 5.56 Å². The maximum atomic E-state index is 11.8. The first-order valence-corrected chi connectivity index (χ1v) is 6.35. The zero-order valence-electron chi connectivity index (χ0n) is 9.16. The van der Waals surface area contributed by atoms with Gasteiger partial charge in [0.2, 0.25) is 0 Å². The Hall–Kier alpha value is -1.33. The summed E-state index contributed by atoms with van der Waals surface area (Å²) in [6, 6.07) is 7.89. The molecule has 0 amide bonds. The number of aromatic nitrogens is 2. The highest BCUT2D eigenvalue weighted by atomic mass is 79.9. The van der Waals surface area contributed by atoms with Gasteiger partial charge in [0.1, 0.15) is 0 Å². The van der Waals surface area contributed by atoms with Crippen molar-refractivity contribution < 1.29 is 0 Å². The van der Waals surface area contributed by atoms with Crippen LogP contribution in [0.1, 0.15) is 11.3 Å². The molecule has 1 aromatic carbocycles. The highest BCUT2D eigenvalue weighted by Gasteiger charge is 2.19. The van der Waals surface area contributed by atoms with Crippen LogP contribution in [-0.2, 0) is 13.0 Å². The van der Waals surface area contributed by atoms with Crippen LogP contribution in [0, 0.1) is 0 Å². The predicted octanol–water partition coefficient (Wildman–Crippen LogP) is 1.57. The Morgan fingerprint density at radius 2 is 2.12 bits per heavy atom. The lowest BCUT2D eigenvalue weighted by atomic mass is 10.1. The van der Waals surface area contributed by atoms with Gasteiger partial charge in [-0.15, -0.1) is 0 Å². The van der Waals surface area contributed by atoms with Gasteiger partial charge in [-0.25, -0.2) is 0 Å². The monoisotopic (exact) mass is 293 g/mol. The second kappa shape index (κ2) is 4.16. The van der Waals surface area contributed by atoms with Crippen molar-refractivity contribution in [2.45, 2.75) is 13.0 Å². The summed E-state index contributed by atoms with van der Waals surface area (Å²) < 4.78 is 2.87. The van der Waals surface area contributed by atoms with E-state index in [0.717, 1.165) is 34.4 Å². The Bertz CT molecular complexity index is 614. The first-order chi connectivity index (χ1) is 8.27. The van der Waals surface area contributed by atoms with Crippen molar-refractivity contribution in [3.63, 3.8) is 0 Å². The molecule has 0 fully saturated rings. The molecule has 17 heavy (non-hydrogen) atoms. The van der Waals surface area contributed by atoms with Crippen LogP contribution in [0.2, 0.25) is 0 Å². The summed E-state index contributed by atoms with van der Waals surface area (Å²) in [4.78, 5) is 11.8. The number of aromatic amines is 1. The molecule has 88 valence electrons. The van der Waals surface area contributed by atoms with Crippen LogP contribution in [0.4, 0.5) is 0 Å². The maximum Gasteiger partial charge on any atom is 0.269 e. The lowest BCUT2D eigenvalue weighted by Gasteiger charge is -2.15. The van der Waals surface area contributed by atoms with E-state index < -0.39 is 0 Å². The summed E-state index contributed by atoms with van der Waals surface area (Å²) >= 11 is 3.51. The summed E-state index contributed by atoms with van der Waals surface area (Å²) in [5, 5.41) is 6.12. The molecule has 0 spiro atoms. The van der Waals surface area contributed by atoms with E-state index in [1.807, 2.05) is 28.9 Å².